The Bertz CT molecular complexity index is 555. The maximum absolute atomic E-state index is 11.9. The molecule has 21 heavy (non-hydrogen) atoms. The van der Waals surface area contributed by atoms with E-state index in [9.17, 15) is 14.4 Å². The number of benzene rings is 1. The van der Waals surface area contributed by atoms with Gasteiger partial charge in [0.1, 0.15) is 5.56 Å². The molecule has 1 rings (SSSR count). The molecule has 0 aliphatic carbocycles. The highest BCUT2D eigenvalue weighted by atomic mass is 16.5. The van der Waals surface area contributed by atoms with Gasteiger partial charge < -0.3 is 20.7 Å². The Morgan fingerprint density at radius 3 is 2.14 bits per heavy atom. The Kier molecular flexibility index (Phi) is 5.71. The predicted octanol–water partition coefficient (Wildman–Crippen LogP) is 1.96. The molecule has 0 radical (unpaired) electrons. The second-order valence-corrected chi connectivity index (χ2v) is 4.65. The number of carbonyl (C=O) groups excluding carboxylic acids is 3. The minimum absolute atomic E-state index is 0.0508. The van der Waals surface area contributed by atoms with Crippen molar-refractivity contribution in [2.24, 2.45) is 0 Å². The molecule has 1 aromatic carbocycles. The molecule has 114 valence electrons. The molecule has 7 heteroatoms. The lowest BCUT2D eigenvalue weighted by Gasteiger charge is -2.15. The Balaban J connectivity index is 3.15. The summed E-state index contributed by atoms with van der Waals surface area (Å²) in [5.74, 6) is -0.983. The summed E-state index contributed by atoms with van der Waals surface area (Å²) in [4.78, 5) is 34.8. The number of rotatable bonds is 4. The van der Waals surface area contributed by atoms with E-state index in [-0.39, 0.29) is 28.9 Å². The number of amides is 3. The van der Waals surface area contributed by atoms with E-state index in [4.69, 9.17) is 4.74 Å². The summed E-state index contributed by atoms with van der Waals surface area (Å²) in [5, 5.41) is 7.75. The van der Waals surface area contributed by atoms with Crippen LogP contribution in [0.4, 0.5) is 16.2 Å². The van der Waals surface area contributed by atoms with Crippen molar-refractivity contribution in [3.05, 3.63) is 23.8 Å². The van der Waals surface area contributed by atoms with E-state index in [0.717, 1.165) is 0 Å². The minimum Gasteiger partial charge on any atom is -0.465 e. The summed E-state index contributed by atoms with van der Waals surface area (Å²) in [7, 11) is 1.23. The molecule has 3 amide bonds. The fourth-order valence-electron chi connectivity index (χ4n) is 1.69. The van der Waals surface area contributed by atoms with Crippen molar-refractivity contribution < 1.29 is 19.1 Å². The highest BCUT2D eigenvalue weighted by molar-refractivity contribution is 6.07. The lowest BCUT2D eigenvalue weighted by atomic mass is 10.1. The van der Waals surface area contributed by atoms with Gasteiger partial charge in [-0.1, -0.05) is 6.07 Å². The second kappa shape index (κ2) is 7.28. The number of hydrogen-bond acceptors (Lipinski definition) is 4. The second-order valence-electron chi connectivity index (χ2n) is 4.65. The molecular weight excluding hydrogens is 274 g/mol. The lowest BCUT2D eigenvalue weighted by Crippen LogP contribution is -2.34. The molecule has 0 aliphatic rings. The molecule has 7 nitrogen and oxygen atoms in total. The quantitative estimate of drug-likeness (QED) is 0.739. The number of methoxy groups -OCH3 is 1. The molecule has 3 N–H and O–H groups in total. The Morgan fingerprint density at radius 2 is 1.67 bits per heavy atom. The zero-order valence-corrected chi connectivity index (χ0v) is 12.4. The van der Waals surface area contributed by atoms with Crippen LogP contribution >= 0.6 is 0 Å². The van der Waals surface area contributed by atoms with Crippen LogP contribution < -0.4 is 16.0 Å². The molecular formula is C14H19N3O4. The van der Waals surface area contributed by atoms with Gasteiger partial charge in [-0.2, -0.15) is 0 Å². The standard InChI is InChI=1S/C14H19N3O4/c1-8(2)15-14(20)17-11-7-5-6-10(16-9(3)18)12(11)13(19)21-4/h5-8H,1-4H3,(H,16,18)(H2,15,17,20). The van der Waals surface area contributed by atoms with E-state index >= 15 is 0 Å². The number of urea groups is 1. The van der Waals surface area contributed by atoms with E-state index in [1.54, 1.807) is 18.2 Å². The topological polar surface area (TPSA) is 96.5 Å². The monoisotopic (exact) mass is 293 g/mol. The predicted molar refractivity (Wildman–Crippen MR) is 79.4 cm³/mol. The fourth-order valence-corrected chi connectivity index (χ4v) is 1.69. The van der Waals surface area contributed by atoms with Gasteiger partial charge >= 0.3 is 12.0 Å². The number of esters is 1. The first kappa shape index (κ1) is 16.5. The van der Waals surface area contributed by atoms with Crippen LogP contribution in [0.2, 0.25) is 0 Å². The molecule has 0 atom stereocenters. The first-order chi connectivity index (χ1) is 9.85. The largest absolute Gasteiger partial charge is 0.465 e. The van der Waals surface area contributed by atoms with E-state index in [0.29, 0.717) is 0 Å². The molecule has 0 spiro atoms. The fraction of sp³-hybridized carbons (Fsp3) is 0.357. The van der Waals surface area contributed by atoms with Crippen molar-refractivity contribution in [2.75, 3.05) is 17.7 Å². The Hall–Kier alpha value is -2.57. The van der Waals surface area contributed by atoms with Crippen LogP contribution in [0.1, 0.15) is 31.1 Å². The average Bonchev–Trinajstić information content (AvgIpc) is 2.36. The number of anilines is 2. The van der Waals surface area contributed by atoms with Crippen LogP contribution in [0.25, 0.3) is 0 Å². The third-order valence-electron chi connectivity index (χ3n) is 2.43. The molecule has 0 unspecified atom stereocenters. The van der Waals surface area contributed by atoms with E-state index in [2.05, 4.69) is 16.0 Å². The first-order valence-electron chi connectivity index (χ1n) is 6.41. The van der Waals surface area contributed by atoms with Crippen LogP contribution in [0, 0.1) is 0 Å². The number of nitrogens with one attached hydrogen (secondary N) is 3. The minimum atomic E-state index is -0.654. The van der Waals surface area contributed by atoms with Gasteiger partial charge in [-0.15, -0.1) is 0 Å². The maximum Gasteiger partial charge on any atom is 0.342 e. The summed E-state index contributed by atoms with van der Waals surface area (Å²) < 4.78 is 4.70. The summed E-state index contributed by atoms with van der Waals surface area (Å²) in [6, 6.07) is 4.22. The van der Waals surface area contributed by atoms with Crippen molar-refractivity contribution in [3.63, 3.8) is 0 Å². The van der Waals surface area contributed by atoms with Gasteiger partial charge in [-0.3, -0.25) is 4.79 Å². The summed E-state index contributed by atoms with van der Waals surface area (Å²) in [6.45, 7) is 4.95. The Morgan fingerprint density at radius 1 is 1.10 bits per heavy atom. The summed E-state index contributed by atoms with van der Waals surface area (Å²) in [5.41, 5.74) is 0.622. The first-order valence-corrected chi connectivity index (χ1v) is 6.41. The molecule has 0 fully saturated rings. The normalized spacial score (nSPS) is 9.95. The smallest absolute Gasteiger partial charge is 0.342 e. The van der Waals surface area contributed by atoms with Gasteiger partial charge in [-0.05, 0) is 26.0 Å². The van der Waals surface area contributed by atoms with Crippen LogP contribution in [0.3, 0.4) is 0 Å². The molecule has 1 aromatic rings. The molecule has 0 saturated carbocycles. The van der Waals surface area contributed by atoms with Gasteiger partial charge in [0, 0.05) is 13.0 Å². The zero-order chi connectivity index (χ0) is 16.0. The van der Waals surface area contributed by atoms with E-state index in [1.807, 2.05) is 13.8 Å². The summed E-state index contributed by atoms with van der Waals surface area (Å²) in [6.07, 6.45) is 0. The van der Waals surface area contributed by atoms with E-state index < -0.39 is 12.0 Å². The molecule has 0 bridgehead atoms. The SMILES string of the molecule is COC(=O)c1c(NC(C)=O)cccc1NC(=O)NC(C)C. The van der Waals surface area contributed by atoms with Crippen LogP contribution in [0.15, 0.2) is 18.2 Å². The number of hydrogen-bond donors (Lipinski definition) is 3. The highest BCUT2D eigenvalue weighted by Gasteiger charge is 2.19. The molecule has 0 heterocycles. The molecule has 0 saturated heterocycles. The lowest BCUT2D eigenvalue weighted by molar-refractivity contribution is -0.114. The van der Waals surface area contributed by atoms with Crippen LogP contribution in [-0.4, -0.2) is 31.1 Å². The third-order valence-corrected chi connectivity index (χ3v) is 2.43. The molecule has 0 aromatic heterocycles. The van der Waals surface area contributed by atoms with Crippen molar-refractivity contribution >= 4 is 29.3 Å². The van der Waals surface area contributed by atoms with Crippen molar-refractivity contribution in [1.29, 1.82) is 0 Å². The summed E-state index contributed by atoms with van der Waals surface area (Å²) >= 11 is 0. The van der Waals surface area contributed by atoms with Crippen LogP contribution in [-0.2, 0) is 9.53 Å². The average molecular weight is 293 g/mol. The highest BCUT2D eigenvalue weighted by Crippen LogP contribution is 2.25. The van der Waals surface area contributed by atoms with Gasteiger partial charge in [-0.25, -0.2) is 9.59 Å². The third kappa shape index (κ3) is 4.79. The van der Waals surface area contributed by atoms with Gasteiger partial charge in [0.15, 0.2) is 0 Å². The number of ether oxygens (including phenoxy) is 1. The number of carbonyl (C=O) groups is 3. The van der Waals surface area contributed by atoms with E-state index in [1.165, 1.54) is 14.0 Å². The van der Waals surface area contributed by atoms with Crippen molar-refractivity contribution in [3.8, 4) is 0 Å². The van der Waals surface area contributed by atoms with Crippen molar-refractivity contribution in [2.45, 2.75) is 26.8 Å². The van der Waals surface area contributed by atoms with Gasteiger partial charge in [0.05, 0.1) is 18.5 Å². The molecule has 0 aliphatic heterocycles. The van der Waals surface area contributed by atoms with Crippen LogP contribution in [0.5, 0.6) is 0 Å². The Labute approximate surface area is 123 Å². The van der Waals surface area contributed by atoms with Gasteiger partial charge in [0.2, 0.25) is 5.91 Å². The van der Waals surface area contributed by atoms with Crippen molar-refractivity contribution in [1.82, 2.24) is 5.32 Å². The zero-order valence-electron chi connectivity index (χ0n) is 12.4. The maximum atomic E-state index is 11.9. The van der Waals surface area contributed by atoms with Gasteiger partial charge in [0.25, 0.3) is 0 Å².